The van der Waals surface area contributed by atoms with Crippen molar-refractivity contribution < 1.29 is 9.18 Å². The molecule has 0 aliphatic carbocycles. The highest BCUT2D eigenvalue weighted by Gasteiger charge is 2.28. The molecular formula is C16H14Cl2FNO. The Bertz CT molecular complexity index is 648. The molecule has 21 heavy (non-hydrogen) atoms. The van der Waals surface area contributed by atoms with E-state index >= 15 is 0 Å². The quantitative estimate of drug-likeness (QED) is 0.831. The van der Waals surface area contributed by atoms with E-state index in [0.717, 1.165) is 11.6 Å². The normalized spacial score (nSPS) is 13.5. The maximum Gasteiger partial charge on any atom is 0.252 e. The molecule has 2 aromatic carbocycles. The van der Waals surface area contributed by atoms with E-state index in [0.29, 0.717) is 0 Å². The van der Waals surface area contributed by atoms with Crippen LogP contribution in [-0.4, -0.2) is 11.8 Å². The Kier molecular flexibility index (Phi) is 4.86. The molecule has 0 bridgehead atoms. The lowest BCUT2D eigenvalue weighted by Gasteiger charge is -2.29. The zero-order valence-electron chi connectivity index (χ0n) is 11.4. The fourth-order valence-corrected chi connectivity index (χ4v) is 2.29. The third-order valence-corrected chi connectivity index (χ3v) is 4.09. The standard InChI is InChI=1S/C16H14Cl2FNO/c1-16(10-17,12-5-3-2-4-6-12)20-15(21)11-7-8-13(18)14(19)9-11/h2-9H,10H2,1H3,(H,20,21). The Labute approximate surface area is 132 Å². The van der Waals surface area contributed by atoms with Crippen LogP contribution < -0.4 is 5.32 Å². The first kappa shape index (κ1) is 15.8. The molecule has 5 heteroatoms. The Morgan fingerprint density at radius 1 is 1.24 bits per heavy atom. The highest BCUT2D eigenvalue weighted by molar-refractivity contribution is 6.30. The Hall–Kier alpha value is -1.58. The van der Waals surface area contributed by atoms with Crippen molar-refractivity contribution in [3.8, 4) is 0 Å². The highest BCUT2D eigenvalue weighted by atomic mass is 35.5. The second-order valence-corrected chi connectivity index (χ2v) is 5.59. The first-order chi connectivity index (χ1) is 9.96. The third kappa shape index (κ3) is 3.55. The number of alkyl halides is 1. The van der Waals surface area contributed by atoms with Gasteiger partial charge in [0.2, 0.25) is 0 Å². The van der Waals surface area contributed by atoms with Crippen molar-refractivity contribution in [3.05, 3.63) is 70.5 Å². The Morgan fingerprint density at radius 2 is 1.90 bits per heavy atom. The van der Waals surface area contributed by atoms with Crippen LogP contribution in [0.25, 0.3) is 0 Å². The van der Waals surface area contributed by atoms with Crippen molar-refractivity contribution in [1.82, 2.24) is 5.32 Å². The van der Waals surface area contributed by atoms with Gasteiger partial charge in [-0.3, -0.25) is 4.79 Å². The van der Waals surface area contributed by atoms with Gasteiger partial charge < -0.3 is 5.32 Å². The van der Waals surface area contributed by atoms with E-state index in [1.54, 1.807) is 0 Å². The summed E-state index contributed by atoms with van der Waals surface area (Å²) in [6, 6.07) is 13.3. The summed E-state index contributed by atoms with van der Waals surface area (Å²) in [6.45, 7) is 1.82. The van der Waals surface area contributed by atoms with Crippen molar-refractivity contribution in [2.75, 3.05) is 5.88 Å². The SMILES string of the molecule is CC(CCl)(NC(=O)c1ccc(Cl)c(F)c1)c1ccccc1. The Balaban J connectivity index is 2.26. The maximum absolute atomic E-state index is 13.4. The first-order valence-corrected chi connectivity index (χ1v) is 7.26. The van der Waals surface area contributed by atoms with Gasteiger partial charge in [-0.15, -0.1) is 11.6 Å². The monoisotopic (exact) mass is 325 g/mol. The van der Waals surface area contributed by atoms with Gasteiger partial charge in [-0.05, 0) is 30.7 Å². The molecule has 2 rings (SSSR count). The van der Waals surface area contributed by atoms with Crippen molar-refractivity contribution in [2.24, 2.45) is 0 Å². The molecule has 110 valence electrons. The summed E-state index contributed by atoms with van der Waals surface area (Å²) in [5.74, 6) is -0.840. The number of benzene rings is 2. The Morgan fingerprint density at radius 3 is 2.48 bits per heavy atom. The molecule has 1 unspecified atom stereocenters. The van der Waals surface area contributed by atoms with Gasteiger partial charge in [0.15, 0.2) is 0 Å². The van der Waals surface area contributed by atoms with Crippen LogP contribution in [0.3, 0.4) is 0 Å². The van der Waals surface area contributed by atoms with E-state index in [-0.39, 0.29) is 16.5 Å². The van der Waals surface area contributed by atoms with Crippen molar-refractivity contribution in [2.45, 2.75) is 12.5 Å². The van der Waals surface area contributed by atoms with Gasteiger partial charge in [-0.25, -0.2) is 4.39 Å². The lowest BCUT2D eigenvalue weighted by Crippen LogP contribution is -2.45. The molecule has 2 nitrogen and oxygen atoms in total. The van der Waals surface area contributed by atoms with E-state index in [1.807, 2.05) is 37.3 Å². The van der Waals surface area contributed by atoms with Crippen LogP contribution in [0.1, 0.15) is 22.8 Å². The van der Waals surface area contributed by atoms with Gasteiger partial charge in [0.1, 0.15) is 5.82 Å². The molecule has 0 aromatic heterocycles. The van der Waals surface area contributed by atoms with Crippen LogP contribution in [0.2, 0.25) is 5.02 Å². The van der Waals surface area contributed by atoms with E-state index in [1.165, 1.54) is 12.1 Å². The predicted molar refractivity (Wildman–Crippen MR) is 83.4 cm³/mol. The number of halogens is 3. The van der Waals surface area contributed by atoms with Crippen LogP contribution in [0, 0.1) is 5.82 Å². The fourth-order valence-electron chi connectivity index (χ4n) is 1.95. The van der Waals surface area contributed by atoms with Crippen LogP contribution in [-0.2, 0) is 5.54 Å². The van der Waals surface area contributed by atoms with Gasteiger partial charge in [0, 0.05) is 11.4 Å². The van der Waals surface area contributed by atoms with Crippen molar-refractivity contribution >= 4 is 29.1 Å². The molecule has 0 aliphatic rings. The number of hydrogen-bond donors (Lipinski definition) is 1. The van der Waals surface area contributed by atoms with Crippen LogP contribution in [0.4, 0.5) is 4.39 Å². The topological polar surface area (TPSA) is 29.1 Å². The van der Waals surface area contributed by atoms with E-state index < -0.39 is 17.3 Å². The average Bonchev–Trinajstić information content (AvgIpc) is 2.50. The lowest BCUT2D eigenvalue weighted by molar-refractivity contribution is 0.0912. The summed E-state index contributed by atoms with van der Waals surface area (Å²) in [5, 5.41) is 2.82. The molecule has 1 amide bonds. The molecular weight excluding hydrogens is 312 g/mol. The second kappa shape index (κ2) is 6.46. The van der Waals surface area contributed by atoms with Crippen molar-refractivity contribution in [3.63, 3.8) is 0 Å². The summed E-state index contributed by atoms with van der Waals surface area (Å²) in [7, 11) is 0. The zero-order chi connectivity index (χ0) is 15.5. The van der Waals surface area contributed by atoms with Crippen LogP contribution in [0.5, 0.6) is 0 Å². The molecule has 0 spiro atoms. The molecule has 0 radical (unpaired) electrons. The van der Waals surface area contributed by atoms with E-state index in [9.17, 15) is 9.18 Å². The van der Waals surface area contributed by atoms with Crippen LogP contribution in [0.15, 0.2) is 48.5 Å². The molecule has 1 atom stereocenters. The minimum absolute atomic E-state index is 0.0188. The summed E-state index contributed by atoms with van der Waals surface area (Å²) < 4.78 is 13.4. The van der Waals surface area contributed by atoms with Gasteiger partial charge >= 0.3 is 0 Å². The number of carbonyl (C=O) groups excluding carboxylic acids is 1. The fraction of sp³-hybridized carbons (Fsp3) is 0.188. The number of rotatable bonds is 4. The molecule has 0 saturated carbocycles. The smallest absolute Gasteiger partial charge is 0.252 e. The maximum atomic E-state index is 13.4. The minimum Gasteiger partial charge on any atom is -0.342 e. The number of amides is 1. The third-order valence-electron chi connectivity index (χ3n) is 3.25. The average molecular weight is 326 g/mol. The van der Waals surface area contributed by atoms with Crippen LogP contribution >= 0.6 is 23.2 Å². The number of nitrogens with one attached hydrogen (secondary N) is 1. The number of carbonyl (C=O) groups is 1. The number of hydrogen-bond acceptors (Lipinski definition) is 1. The summed E-state index contributed by atoms with van der Waals surface area (Å²) in [6.07, 6.45) is 0. The summed E-state index contributed by atoms with van der Waals surface area (Å²) >= 11 is 11.6. The first-order valence-electron chi connectivity index (χ1n) is 6.35. The highest BCUT2D eigenvalue weighted by Crippen LogP contribution is 2.23. The summed E-state index contributed by atoms with van der Waals surface area (Å²) in [4.78, 5) is 12.3. The van der Waals surface area contributed by atoms with Gasteiger partial charge in [0.05, 0.1) is 10.6 Å². The molecule has 2 aromatic rings. The minimum atomic E-state index is -0.740. The molecule has 1 N–H and O–H groups in total. The molecule has 0 heterocycles. The zero-order valence-corrected chi connectivity index (χ0v) is 12.9. The molecule has 0 aliphatic heterocycles. The second-order valence-electron chi connectivity index (χ2n) is 4.91. The molecule has 0 saturated heterocycles. The van der Waals surface area contributed by atoms with Gasteiger partial charge in [-0.2, -0.15) is 0 Å². The van der Waals surface area contributed by atoms with Gasteiger partial charge in [-0.1, -0.05) is 41.9 Å². The van der Waals surface area contributed by atoms with Gasteiger partial charge in [0.25, 0.3) is 5.91 Å². The largest absolute Gasteiger partial charge is 0.342 e. The summed E-state index contributed by atoms with van der Waals surface area (Å²) in [5.41, 5.74) is 0.336. The van der Waals surface area contributed by atoms with E-state index in [2.05, 4.69) is 5.32 Å². The van der Waals surface area contributed by atoms with Crippen molar-refractivity contribution in [1.29, 1.82) is 0 Å². The van der Waals surface area contributed by atoms with E-state index in [4.69, 9.17) is 23.2 Å². The molecule has 0 fully saturated rings. The predicted octanol–water partition coefficient (Wildman–Crippen LogP) is 4.36. The lowest BCUT2D eigenvalue weighted by atomic mass is 9.93.